The van der Waals surface area contributed by atoms with E-state index in [9.17, 15) is 4.79 Å². The maximum absolute atomic E-state index is 11.2. The topological polar surface area (TPSA) is 62.5 Å². The van der Waals surface area contributed by atoms with Gasteiger partial charge < -0.3 is 10.2 Å². The molecule has 1 fully saturated rings. The summed E-state index contributed by atoms with van der Waals surface area (Å²) in [6.07, 6.45) is 5.72. The number of fused-ring (bicyclic) bond motifs is 1. The highest BCUT2D eigenvalue weighted by molar-refractivity contribution is 5.73. The predicted octanol–water partition coefficient (Wildman–Crippen LogP) is 1.14. The minimum atomic E-state index is 0.0308. The molecule has 6 heteroatoms. The molecule has 0 spiro atoms. The molecular weight excluding hydrogens is 254 g/mol. The first-order chi connectivity index (χ1) is 9.63. The first kappa shape index (κ1) is 12.9. The van der Waals surface area contributed by atoms with Gasteiger partial charge in [0.2, 0.25) is 5.91 Å². The molecule has 3 heterocycles. The number of nitrogens with zero attached hydrogens (tertiary/aromatic N) is 4. The van der Waals surface area contributed by atoms with Gasteiger partial charge >= 0.3 is 0 Å². The maximum Gasteiger partial charge on any atom is 0.217 e. The van der Waals surface area contributed by atoms with Crippen molar-refractivity contribution >= 4 is 17.2 Å². The zero-order valence-electron chi connectivity index (χ0n) is 11.8. The van der Waals surface area contributed by atoms with Crippen molar-refractivity contribution in [2.75, 3.05) is 18.0 Å². The third kappa shape index (κ3) is 2.45. The van der Waals surface area contributed by atoms with E-state index in [1.54, 1.807) is 13.1 Å². The van der Waals surface area contributed by atoms with Crippen molar-refractivity contribution in [3.05, 3.63) is 24.2 Å². The molecule has 20 heavy (non-hydrogen) atoms. The SMILES string of the molecule is CC(=O)NC1CCCN(c2nccn3nc(C)cc23)C1. The van der Waals surface area contributed by atoms with Gasteiger partial charge in [-0.25, -0.2) is 9.50 Å². The lowest BCUT2D eigenvalue weighted by Crippen LogP contribution is -2.47. The number of anilines is 1. The quantitative estimate of drug-likeness (QED) is 0.891. The van der Waals surface area contributed by atoms with Crippen LogP contribution in [0.4, 0.5) is 5.82 Å². The van der Waals surface area contributed by atoms with Crippen molar-refractivity contribution in [1.82, 2.24) is 19.9 Å². The minimum Gasteiger partial charge on any atom is -0.353 e. The average molecular weight is 273 g/mol. The van der Waals surface area contributed by atoms with Gasteiger partial charge in [0.05, 0.1) is 5.69 Å². The zero-order valence-corrected chi connectivity index (χ0v) is 11.8. The van der Waals surface area contributed by atoms with Crippen LogP contribution in [0.1, 0.15) is 25.5 Å². The van der Waals surface area contributed by atoms with Gasteiger partial charge in [-0.1, -0.05) is 0 Å². The number of hydrogen-bond donors (Lipinski definition) is 1. The lowest BCUT2D eigenvalue weighted by molar-refractivity contribution is -0.119. The van der Waals surface area contributed by atoms with Crippen molar-refractivity contribution in [2.45, 2.75) is 32.7 Å². The molecule has 1 N–H and O–H groups in total. The van der Waals surface area contributed by atoms with Crippen LogP contribution in [0, 0.1) is 6.92 Å². The van der Waals surface area contributed by atoms with Crippen LogP contribution < -0.4 is 10.2 Å². The molecule has 3 rings (SSSR count). The Morgan fingerprint density at radius 1 is 1.50 bits per heavy atom. The largest absolute Gasteiger partial charge is 0.353 e. The van der Waals surface area contributed by atoms with Crippen molar-refractivity contribution in [3.8, 4) is 0 Å². The molecule has 1 aliphatic heterocycles. The summed E-state index contributed by atoms with van der Waals surface area (Å²) in [5, 5.41) is 7.42. The molecule has 1 atom stereocenters. The van der Waals surface area contributed by atoms with Crippen LogP contribution in [0.15, 0.2) is 18.5 Å². The molecule has 0 aromatic carbocycles. The van der Waals surface area contributed by atoms with E-state index in [0.717, 1.165) is 43.0 Å². The lowest BCUT2D eigenvalue weighted by Gasteiger charge is -2.33. The molecule has 0 radical (unpaired) electrons. The van der Waals surface area contributed by atoms with E-state index in [1.165, 1.54) is 0 Å². The fraction of sp³-hybridized carbons (Fsp3) is 0.500. The number of amides is 1. The number of carbonyl (C=O) groups excluding carboxylic acids is 1. The van der Waals surface area contributed by atoms with Gasteiger partial charge in [0.1, 0.15) is 5.52 Å². The molecule has 1 amide bonds. The Labute approximate surface area is 117 Å². The maximum atomic E-state index is 11.2. The summed E-state index contributed by atoms with van der Waals surface area (Å²) in [5.74, 6) is 0.978. The molecule has 1 unspecified atom stereocenters. The van der Waals surface area contributed by atoms with Crippen molar-refractivity contribution in [2.24, 2.45) is 0 Å². The Hall–Kier alpha value is -2.11. The predicted molar refractivity (Wildman–Crippen MR) is 76.8 cm³/mol. The molecular formula is C14H19N5O. The van der Waals surface area contributed by atoms with Crippen LogP contribution in [0.25, 0.3) is 5.52 Å². The van der Waals surface area contributed by atoms with Crippen LogP contribution in [-0.4, -0.2) is 39.6 Å². The molecule has 0 bridgehead atoms. The van der Waals surface area contributed by atoms with Gasteiger partial charge in [0.25, 0.3) is 0 Å². The molecule has 0 saturated carbocycles. The standard InChI is InChI=1S/C14H19N5O/c1-10-8-13-14(15-5-7-19(13)17-10)18-6-3-4-12(9-18)16-11(2)20/h5,7-8,12H,3-4,6,9H2,1-2H3,(H,16,20). The van der Waals surface area contributed by atoms with Gasteiger partial charge in [0, 0.05) is 38.4 Å². The molecule has 1 saturated heterocycles. The Balaban J connectivity index is 1.88. The summed E-state index contributed by atoms with van der Waals surface area (Å²) in [7, 11) is 0. The third-order valence-corrected chi connectivity index (χ3v) is 3.62. The van der Waals surface area contributed by atoms with Crippen LogP contribution in [0.3, 0.4) is 0 Å². The highest BCUT2D eigenvalue weighted by Gasteiger charge is 2.23. The van der Waals surface area contributed by atoms with Gasteiger partial charge in [0.15, 0.2) is 5.82 Å². The van der Waals surface area contributed by atoms with Gasteiger partial charge in [-0.2, -0.15) is 5.10 Å². The van der Waals surface area contributed by atoms with Crippen LogP contribution >= 0.6 is 0 Å². The van der Waals surface area contributed by atoms with E-state index in [0.29, 0.717) is 0 Å². The van der Waals surface area contributed by atoms with Gasteiger partial charge in [-0.3, -0.25) is 4.79 Å². The molecule has 2 aromatic rings. The highest BCUT2D eigenvalue weighted by atomic mass is 16.1. The summed E-state index contributed by atoms with van der Waals surface area (Å²) in [6, 6.07) is 2.25. The normalized spacial score (nSPS) is 19.3. The zero-order chi connectivity index (χ0) is 14.1. The van der Waals surface area contributed by atoms with Crippen molar-refractivity contribution in [3.63, 3.8) is 0 Å². The number of nitrogens with one attached hydrogen (secondary N) is 1. The summed E-state index contributed by atoms with van der Waals surface area (Å²) in [6.45, 7) is 5.31. The first-order valence-corrected chi connectivity index (χ1v) is 6.96. The van der Waals surface area contributed by atoms with Crippen LogP contribution in [-0.2, 0) is 4.79 Å². The van der Waals surface area contributed by atoms with Gasteiger partial charge in [-0.15, -0.1) is 0 Å². The summed E-state index contributed by atoms with van der Waals surface area (Å²) >= 11 is 0. The second-order valence-electron chi connectivity index (χ2n) is 5.35. The molecule has 1 aliphatic rings. The van der Waals surface area contributed by atoms with Crippen molar-refractivity contribution < 1.29 is 4.79 Å². The number of rotatable bonds is 2. The van der Waals surface area contributed by atoms with Crippen LogP contribution in [0.2, 0.25) is 0 Å². The van der Waals surface area contributed by atoms with E-state index >= 15 is 0 Å². The van der Waals surface area contributed by atoms with Crippen LogP contribution in [0.5, 0.6) is 0 Å². The fourth-order valence-corrected chi connectivity index (χ4v) is 2.85. The monoisotopic (exact) mass is 273 g/mol. The van der Waals surface area contributed by atoms with E-state index < -0.39 is 0 Å². The Morgan fingerprint density at radius 3 is 3.15 bits per heavy atom. The number of aromatic nitrogens is 3. The average Bonchev–Trinajstić information content (AvgIpc) is 2.78. The highest BCUT2D eigenvalue weighted by Crippen LogP contribution is 2.23. The van der Waals surface area contributed by atoms with E-state index in [2.05, 4.69) is 20.3 Å². The molecule has 6 nitrogen and oxygen atoms in total. The second kappa shape index (κ2) is 5.11. The molecule has 106 valence electrons. The third-order valence-electron chi connectivity index (χ3n) is 3.62. The van der Waals surface area contributed by atoms with E-state index in [4.69, 9.17) is 0 Å². The lowest BCUT2D eigenvalue weighted by atomic mass is 10.1. The fourth-order valence-electron chi connectivity index (χ4n) is 2.85. The van der Waals surface area contributed by atoms with Gasteiger partial charge in [-0.05, 0) is 25.8 Å². The van der Waals surface area contributed by atoms with Crippen molar-refractivity contribution in [1.29, 1.82) is 0 Å². The minimum absolute atomic E-state index is 0.0308. The van der Waals surface area contributed by atoms with E-state index in [-0.39, 0.29) is 11.9 Å². The Morgan fingerprint density at radius 2 is 2.35 bits per heavy atom. The summed E-state index contributed by atoms with van der Waals surface area (Å²) < 4.78 is 1.86. The molecule has 0 aliphatic carbocycles. The number of carbonyl (C=O) groups is 1. The smallest absolute Gasteiger partial charge is 0.217 e. The summed E-state index contributed by atoms with van der Waals surface area (Å²) in [4.78, 5) is 18.0. The number of piperidine rings is 1. The number of hydrogen-bond acceptors (Lipinski definition) is 4. The summed E-state index contributed by atoms with van der Waals surface area (Å²) in [5.41, 5.74) is 2.00. The van der Waals surface area contributed by atoms with E-state index in [1.807, 2.05) is 23.7 Å². The number of aryl methyl sites for hydroxylation is 1. The Kier molecular flexibility index (Phi) is 3.30. The second-order valence-corrected chi connectivity index (χ2v) is 5.35. The first-order valence-electron chi connectivity index (χ1n) is 6.96. The Bertz CT molecular complexity index is 636. The molecule has 2 aromatic heterocycles.